The first-order valence-electron chi connectivity index (χ1n) is 7.90. The molecule has 0 radical (unpaired) electrons. The normalized spacial score (nSPS) is 15.8. The second kappa shape index (κ2) is 8.16. The van der Waals surface area contributed by atoms with Crippen LogP contribution in [0.25, 0.3) is 6.08 Å². The third-order valence-corrected chi connectivity index (χ3v) is 5.33. The maximum absolute atomic E-state index is 12.7. The van der Waals surface area contributed by atoms with Gasteiger partial charge in [-0.1, -0.05) is 41.4 Å². The molecule has 3 rings (SSSR count). The van der Waals surface area contributed by atoms with Crippen LogP contribution in [0.5, 0.6) is 5.75 Å². The average Bonchev–Trinajstić information content (AvgIpc) is 2.86. The van der Waals surface area contributed by atoms with E-state index in [2.05, 4.69) is 0 Å². The average molecular weight is 408 g/mol. The van der Waals surface area contributed by atoms with Gasteiger partial charge in [-0.05, 0) is 54.6 Å². The van der Waals surface area contributed by atoms with E-state index in [0.29, 0.717) is 32.9 Å². The fraction of sp³-hybridized carbons (Fsp3) is 0.158. The van der Waals surface area contributed by atoms with E-state index in [0.717, 1.165) is 22.2 Å². The van der Waals surface area contributed by atoms with Crippen LogP contribution in [0.2, 0.25) is 10.0 Å². The third-order valence-electron chi connectivity index (χ3n) is 3.72. The first kappa shape index (κ1) is 18.8. The van der Waals surface area contributed by atoms with Crippen molar-refractivity contribution in [3.8, 4) is 5.75 Å². The predicted octanol–water partition coefficient (Wildman–Crippen LogP) is 5.63. The SMILES string of the molecule is CCOc1cccc(/C=C2\SC(=O)N(Cc3c(Cl)cccc3Cl)C2=O)c1. The van der Waals surface area contributed by atoms with Crippen molar-refractivity contribution in [1.82, 2.24) is 4.90 Å². The summed E-state index contributed by atoms with van der Waals surface area (Å²) in [6.45, 7) is 2.50. The Balaban J connectivity index is 1.84. The molecule has 0 N–H and O–H groups in total. The largest absolute Gasteiger partial charge is 0.494 e. The highest BCUT2D eigenvalue weighted by Crippen LogP contribution is 2.35. The number of hydrogen-bond donors (Lipinski definition) is 0. The van der Waals surface area contributed by atoms with Crippen molar-refractivity contribution < 1.29 is 14.3 Å². The van der Waals surface area contributed by atoms with Crippen LogP contribution in [-0.4, -0.2) is 22.7 Å². The number of carbonyl (C=O) groups is 2. The fourth-order valence-electron chi connectivity index (χ4n) is 2.49. The Bertz CT molecular complexity index is 878. The lowest BCUT2D eigenvalue weighted by molar-refractivity contribution is -0.123. The number of hydrogen-bond acceptors (Lipinski definition) is 4. The molecule has 0 unspecified atom stereocenters. The molecule has 2 aromatic rings. The number of imide groups is 1. The molecule has 0 spiro atoms. The Hall–Kier alpha value is -1.95. The molecule has 0 atom stereocenters. The van der Waals surface area contributed by atoms with Crippen LogP contribution < -0.4 is 4.74 Å². The molecule has 1 heterocycles. The molecule has 1 aliphatic heterocycles. The summed E-state index contributed by atoms with van der Waals surface area (Å²) in [5, 5.41) is 0.494. The van der Waals surface area contributed by atoms with Crippen LogP contribution in [0, 0.1) is 0 Å². The molecule has 0 aliphatic carbocycles. The van der Waals surface area contributed by atoms with Crippen LogP contribution in [0.1, 0.15) is 18.1 Å². The zero-order valence-electron chi connectivity index (χ0n) is 13.9. The van der Waals surface area contributed by atoms with E-state index >= 15 is 0 Å². The van der Waals surface area contributed by atoms with Crippen LogP contribution in [0.3, 0.4) is 0 Å². The number of halogens is 2. The molecule has 1 saturated heterocycles. The van der Waals surface area contributed by atoms with E-state index in [1.54, 1.807) is 24.3 Å². The summed E-state index contributed by atoms with van der Waals surface area (Å²) < 4.78 is 5.46. The monoisotopic (exact) mass is 407 g/mol. The topological polar surface area (TPSA) is 46.6 Å². The van der Waals surface area contributed by atoms with Crippen molar-refractivity contribution in [3.63, 3.8) is 0 Å². The Labute approximate surface area is 165 Å². The van der Waals surface area contributed by atoms with E-state index in [1.165, 1.54) is 0 Å². The molecule has 0 aromatic heterocycles. The third kappa shape index (κ3) is 4.06. The second-order valence-corrected chi connectivity index (χ2v) is 7.28. The van der Waals surface area contributed by atoms with Crippen LogP contribution in [-0.2, 0) is 11.3 Å². The van der Waals surface area contributed by atoms with Crippen molar-refractivity contribution in [2.24, 2.45) is 0 Å². The summed E-state index contributed by atoms with van der Waals surface area (Å²) >= 11 is 13.2. The minimum Gasteiger partial charge on any atom is -0.494 e. The lowest BCUT2D eigenvalue weighted by atomic mass is 10.2. The zero-order valence-corrected chi connectivity index (χ0v) is 16.2. The summed E-state index contributed by atoms with van der Waals surface area (Å²) in [5.41, 5.74) is 1.34. The number of benzene rings is 2. The summed E-state index contributed by atoms with van der Waals surface area (Å²) in [5.74, 6) is 0.348. The van der Waals surface area contributed by atoms with Gasteiger partial charge in [-0.3, -0.25) is 14.5 Å². The van der Waals surface area contributed by atoms with Crippen molar-refractivity contribution >= 4 is 52.2 Å². The van der Waals surface area contributed by atoms with Gasteiger partial charge in [0.15, 0.2) is 0 Å². The Morgan fingerprint density at radius 3 is 2.50 bits per heavy atom. The summed E-state index contributed by atoms with van der Waals surface area (Å²) in [7, 11) is 0. The van der Waals surface area contributed by atoms with Gasteiger partial charge in [0.1, 0.15) is 5.75 Å². The smallest absolute Gasteiger partial charge is 0.293 e. The Morgan fingerprint density at radius 2 is 1.81 bits per heavy atom. The number of rotatable bonds is 5. The molecule has 2 amide bonds. The molecular weight excluding hydrogens is 393 g/mol. The maximum atomic E-state index is 12.7. The van der Waals surface area contributed by atoms with Gasteiger partial charge in [0.05, 0.1) is 18.1 Å². The molecule has 1 fully saturated rings. The van der Waals surface area contributed by atoms with Gasteiger partial charge in [0.25, 0.3) is 11.1 Å². The molecule has 7 heteroatoms. The summed E-state index contributed by atoms with van der Waals surface area (Å²) in [6, 6.07) is 12.4. The standard InChI is InChI=1S/C19H15Cl2NO3S/c1-2-25-13-6-3-5-12(9-13)10-17-18(23)22(19(24)26-17)11-14-15(20)7-4-8-16(14)21/h3-10H,2,11H2,1H3/b17-10-. The zero-order chi connectivity index (χ0) is 18.7. The summed E-state index contributed by atoms with van der Waals surface area (Å²) in [6.07, 6.45) is 1.68. The first-order valence-corrected chi connectivity index (χ1v) is 9.48. The molecule has 1 aliphatic rings. The number of ether oxygens (including phenoxy) is 1. The number of carbonyl (C=O) groups excluding carboxylic acids is 2. The van der Waals surface area contributed by atoms with E-state index in [9.17, 15) is 9.59 Å². The number of nitrogens with zero attached hydrogens (tertiary/aromatic N) is 1. The maximum Gasteiger partial charge on any atom is 0.293 e. The van der Waals surface area contributed by atoms with Crippen molar-refractivity contribution in [1.29, 1.82) is 0 Å². The van der Waals surface area contributed by atoms with Crippen LogP contribution >= 0.6 is 35.0 Å². The number of amides is 2. The molecular formula is C19H15Cl2NO3S. The molecule has 0 saturated carbocycles. The molecule has 0 bridgehead atoms. The minimum atomic E-state index is -0.363. The van der Waals surface area contributed by atoms with Gasteiger partial charge in [-0.2, -0.15) is 0 Å². The highest BCUT2D eigenvalue weighted by Gasteiger charge is 2.35. The van der Waals surface area contributed by atoms with Gasteiger partial charge in [-0.15, -0.1) is 0 Å². The van der Waals surface area contributed by atoms with Crippen LogP contribution in [0.15, 0.2) is 47.4 Å². The molecule has 26 heavy (non-hydrogen) atoms. The van der Waals surface area contributed by atoms with Gasteiger partial charge < -0.3 is 4.74 Å². The van der Waals surface area contributed by atoms with Crippen molar-refractivity contribution in [2.75, 3.05) is 6.61 Å². The molecule has 2 aromatic carbocycles. The van der Waals surface area contributed by atoms with Gasteiger partial charge in [0.2, 0.25) is 0 Å². The van der Waals surface area contributed by atoms with E-state index in [1.807, 2.05) is 31.2 Å². The quantitative estimate of drug-likeness (QED) is 0.602. The van der Waals surface area contributed by atoms with Gasteiger partial charge in [-0.25, -0.2) is 0 Å². The van der Waals surface area contributed by atoms with E-state index in [4.69, 9.17) is 27.9 Å². The first-order chi connectivity index (χ1) is 12.5. The number of thioether (sulfide) groups is 1. The Kier molecular flexibility index (Phi) is 5.91. The van der Waals surface area contributed by atoms with E-state index in [-0.39, 0.29) is 17.7 Å². The predicted molar refractivity (Wildman–Crippen MR) is 106 cm³/mol. The lowest BCUT2D eigenvalue weighted by Gasteiger charge is -2.14. The van der Waals surface area contributed by atoms with Crippen molar-refractivity contribution in [2.45, 2.75) is 13.5 Å². The van der Waals surface area contributed by atoms with Gasteiger partial charge >= 0.3 is 0 Å². The molecule has 134 valence electrons. The molecule has 4 nitrogen and oxygen atoms in total. The highest BCUT2D eigenvalue weighted by atomic mass is 35.5. The second-order valence-electron chi connectivity index (χ2n) is 5.47. The highest BCUT2D eigenvalue weighted by molar-refractivity contribution is 8.18. The fourth-order valence-corrected chi connectivity index (χ4v) is 3.85. The van der Waals surface area contributed by atoms with Gasteiger partial charge in [0, 0.05) is 15.6 Å². The minimum absolute atomic E-state index is 0.0412. The van der Waals surface area contributed by atoms with E-state index < -0.39 is 0 Å². The van der Waals surface area contributed by atoms with Crippen molar-refractivity contribution in [3.05, 3.63) is 68.5 Å². The Morgan fingerprint density at radius 1 is 1.12 bits per heavy atom. The summed E-state index contributed by atoms with van der Waals surface area (Å²) in [4.78, 5) is 26.5. The van der Waals surface area contributed by atoms with Crippen LogP contribution in [0.4, 0.5) is 4.79 Å². The lowest BCUT2D eigenvalue weighted by Crippen LogP contribution is -2.27.